The van der Waals surface area contributed by atoms with Crippen LogP contribution in [0.25, 0.3) is 0 Å². The number of aliphatic imine (C=N–C) groups is 1. The molecular formula is C20H32N6O3. The van der Waals surface area contributed by atoms with Crippen LogP contribution >= 0.6 is 0 Å². The van der Waals surface area contributed by atoms with Crippen molar-refractivity contribution in [1.82, 2.24) is 15.5 Å². The van der Waals surface area contributed by atoms with E-state index in [1.165, 1.54) is 12.1 Å². The minimum Gasteiger partial charge on any atom is -0.383 e. The maximum absolute atomic E-state index is 12.7. The van der Waals surface area contributed by atoms with Gasteiger partial charge in [-0.15, -0.1) is 0 Å². The molecule has 1 amide bonds. The van der Waals surface area contributed by atoms with E-state index < -0.39 is 4.92 Å². The van der Waals surface area contributed by atoms with Crippen molar-refractivity contribution in [2.75, 3.05) is 45.6 Å². The number of nitrogens with zero attached hydrogens (tertiary/aromatic N) is 3. The summed E-state index contributed by atoms with van der Waals surface area (Å²) in [6.45, 7) is 4.47. The van der Waals surface area contributed by atoms with Crippen LogP contribution in [-0.4, -0.2) is 62.0 Å². The summed E-state index contributed by atoms with van der Waals surface area (Å²) in [6, 6.07) is 6.33. The lowest BCUT2D eigenvalue weighted by atomic mass is 9.85. The molecule has 2 rings (SSSR count). The molecule has 0 spiro atoms. The Labute approximate surface area is 172 Å². The van der Waals surface area contributed by atoms with Gasteiger partial charge >= 0.3 is 0 Å². The Morgan fingerprint density at radius 2 is 1.83 bits per heavy atom. The number of anilines is 1. The van der Waals surface area contributed by atoms with Gasteiger partial charge in [-0.1, -0.05) is 12.8 Å². The predicted octanol–water partition coefficient (Wildman–Crippen LogP) is 2.21. The number of non-ortho nitro benzene ring substituents is 1. The van der Waals surface area contributed by atoms with E-state index in [4.69, 9.17) is 4.99 Å². The van der Waals surface area contributed by atoms with Crippen LogP contribution in [0.1, 0.15) is 32.6 Å². The molecule has 1 aromatic carbocycles. The molecule has 3 N–H and O–H groups in total. The quantitative estimate of drug-likeness (QED) is 0.191. The molecule has 1 aliphatic carbocycles. The Morgan fingerprint density at radius 3 is 2.38 bits per heavy atom. The average Bonchev–Trinajstić information content (AvgIpc) is 3.19. The van der Waals surface area contributed by atoms with E-state index in [9.17, 15) is 14.9 Å². The standard InChI is InChI=1S/C20H32N6O3/c1-4-21-19(24-15-20(11-5-6-12-20)18(27)25(2)3)23-14-13-22-16-7-9-17(10-8-16)26(28)29/h7-10,22H,4-6,11-15H2,1-3H3,(H2,21,23,24). The Balaban J connectivity index is 1.88. The first-order chi connectivity index (χ1) is 13.9. The fourth-order valence-electron chi connectivity index (χ4n) is 3.63. The first kappa shape index (κ1) is 22.4. The molecule has 0 saturated heterocycles. The normalized spacial score (nSPS) is 15.6. The van der Waals surface area contributed by atoms with Gasteiger partial charge in [0.1, 0.15) is 0 Å². The van der Waals surface area contributed by atoms with Crippen molar-refractivity contribution in [1.29, 1.82) is 0 Å². The van der Waals surface area contributed by atoms with Gasteiger partial charge in [-0.3, -0.25) is 19.9 Å². The summed E-state index contributed by atoms with van der Waals surface area (Å²) in [6.07, 6.45) is 3.90. The molecule has 1 fully saturated rings. The lowest BCUT2D eigenvalue weighted by Gasteiger charge is -2.29. The van der Waals surface area contributed by atoms with Crippen LogP contribution in [0.5, 0.6) is 0 Å². The highest BCUT2D eigenvalue weighted by Gasteiger charge is 2.42. The Bertz CT molecular complexity index is 711. The van der Waals surface area contributed by atoms with E-state index in [-0.39, 0.29) is 17.0 Å². The van der Waals surface area contributed by atoms with Crippen LogP contribution < -0.4 is 16.0 Å². The second-order valence-corrected chi connectivity index (χ2v) is 7.54. The Kier molecular flexibility index (Phi) is 8.23. The van der Waals surface area contributed by atoms with Crippen LogP contribution in [0.2, 0.25) is 0 Å². The lowest BCUT2D eigenvalue weighted by Crippen LogP contribution is -2.43. The molecule has 29 heavy (non-hydrogen) atoms. The molecule has 0 atom stereocenters. The van der Waals surface area contributed by atoms with Crippen LogP contribution in [0.3, 0.4) is 0 Å². The van der Waals surface area contributed by atoms with Gasteiger partial charge in [-0.2, -0.15) is 0 Å². The number of hydrogen-bond acceptors (Lipinski definition) is 5. The number of hydrogen-bond donors (Lipinski definition) is 3. The molecule has 1 aromatic rings. The molecule has 0 heterocycles. The fraction of sp³-hybridized carbons (Fsp3) is 0.600. The van der Waals surface area contributed by atoms with Crippen LogP contribution in [0.4, 0.5) is 11.4 Å². The fourth-order valence-corrected chi connectivity index (χ4v) is 3.63. The van der Waals surface area contributed by atoms with E-state index in [1.807, 2.05) is 6.92 Å². The molecular weight excluding hydrogens is 372 g/mol. The summed E-state index contributed by atoms with van der Waals surface area (Å²) >= 11 is 0. The molecule has 1 aliphatic rings. The van der Waals surface area contributed by atoms with Gasteiger partial charge in [0.2, 0.25) is 5.91 Å². The summed E-state index contributed by atoms with van der Waals surface area (Å²) in [5.41, 5.74) is 0.507. The summed E-state index contributed by atoms with van der Waals surface area (Å²) in [5, 5.41) is 20.4. The smallest absolute Gasteiger partial charge is 0.269 e. The third kappa shape index (κ3) is 6.33. The van der Waals surface area contributed by atoms with E-state index in [0.29, 0.717) is 25.6 Å². The number of amides is 1. The van der Waals surface area contributed by atoms with Crippen molar-refractivity contribution in [3.8, 4) is 0 Å². The third-order valence-corrected chi connectivity index (χ3v) is 5.13. The second-order valence-electron chi connectivity index (χ2n) is 7.54. The molecule has 1 saturated carbocycles. The second kappa shape index (κ2) is 10.6. The first-order valence-electron chi connectivity index (χ1n) is 10.1. The Morgan fingerprint density at radius 1 is 1.17 bits per heavy atom. The first-order valence-corrected chi connectivity index (χ1v) is 10.1. The van der Waals surface area contributed by atoms with Crippen molar-refractivity contribution >= 4 is 23.2 Å². The monoisotopic (exact) mass is 404 g/mol. The van der Waals surface area contributed by atoms with Gasteiger partial charge in [0.15, 0.2) is 5.96 Å². The molecule has 0 aliphatic heterocycles. The summed E-state index contributed by atoms with van der Waals surface area (Å²) in [7, 11) is 3.61. The molecule has 160 valence electrons. The van der Waals surface area contributed by atoms with Crippen molar-refractivity contribution in [3.63, 3.8) is 0 Å². The zero-order valence-corrected chi connectivity index (χ0v) is 17.5. The molecule has 0 aromatic heterocycles. The van der Waals surface area contributed by atoms with Crippen LogP contribution in [0, 0.1) is 15.5 Å². The van der Waals surface area contributed by atoms with Crippen LogP contribution in [-0.2, 0) is 4.79 Å². The largest absolute Gasteiger partial charge is 0.383 e. The SMILES string of the molecule is CCNC(=NCC1(C(=O)N(C)C)CCCC1)NCCNc1ccc([N+](=O)[O-])cc1. The molecule has 9 heteroatoms. The van der Waals surface area contributed by atoms with Gasteiger partial charge in [0.25, 0.3) is 5.69 Å². The number of nitrogens with one attached hydrogen (secondary N) is 3. The predicted molar refractivity (Wildman–Crippen MR) is 115 cm³/mol. The van der Waals surface area contributed by atoms with Crippen molar-refractivity contribution in [3.05, 3.63) is 34.4 Å². The number of benzene rings is 1. The third-order valence-electron chi connectivity index (χ3n) is 5.13. The van der Waals surface area contributed by atoms with Gasteiger partial charge in [0, 0.05) is 51.5 Å². The molecule has 0 bridgehead atoms. The van der Waals surface area contributed by atoms with Crippen LogP contribution in [0.15, 0.2) is 29.3 Å². The average molecular weight is 405 g/mol. The number of rotatable bonds is 9. The highest BCUT2D eigenvalue weighted by molar-refractivity contribution is 5.84. The highest BCUT2D eigenvalue weighted by atomic mass is 16.6. The van der Waals surface area contributed by atoms with Crippen molar-refractivity contribution < 1.29 is 9.72 Å². The Hall–Kier alpha value is -2.84. The highest BCUT2D eigenvalue weighted by Crippen LogP contribution is 2.39. The molecule has 0 unspecified atom stereocenters. The van der Waals surface area contributed by atoms with E-state index in [0.717, 1.165) is 37.9 Å². The molecule has 0 radical (unpaired) electrons. The van der Waals surface area contributed by atoms with E-state index in [1.54, 1.807) is 31.1 Å². The number of nitro groups is 1. The number of carbonyl (C=O) groups excluding carboxylic acids is 1. The minimum absolute atomic E-state index is 0.0725. The summed E-state index contributed by atoms with van der Waals surface area (Å²) in [4.78, 5) is 29.3. The zero-order chi connectivity index (χ0) is 21.3. The molecule has 9 nitrogen and oxygen atoms in total. The van der Waals surface area contributed by atoms with Gasteiger partial charge < -0.3 is 20.9 Å². The lowest BCUT2D eigenvalue weighted by molar-refractivity contribution is -0.384. The number of nitro benzene ring substituents is 1. The van der Waals surface area contributed by atoms with Crippen molar-refractivity contribution in [2.45, 2.75) is 32.6 Å². The van der Waals surface area contributed by atoms with Gasteiger partial charge in [-0.05, 0) is 31.9 Å². The maximum atomic E-state index is 12.7. The maximum Gasteiger partial charge on any atom is 0.269 e. The topological polar surface area (TPSA) is 112 Å². The van der Waals surface area contributed by atoms with E-state index >= 15 is 0 Å². The zero-order valence-electron chi connectivity index (χ0n) is 17.5. The van der Waals surface area contributed by atoms with Gasteiger partial charge in [-0.25, -0.2) is 0 Å². The minimum atomic E-state index is -0.414. The summed E-state index contributed by atoms with van der Waals surface area (Å²) in [5.74, 6) is 0.852. The number of carbonyl (C=O) groups is 1. The number of guanidine groups is 1. The van der Waals surface area contributed by atoms with Gasteiger partial charge in [0.05, 0.1) is 16.9 Å². The summed E-state index contributed by atoms with van der Waals surface area (Å²) < 4.78 is 0. The van der Waals surface area contributed by atoms with Crippen molar-refractivity contribution in [2.24, 2.45) is 10.4 Å². The van der Waals surface area contributed by atoms with E-state index in [2.05, 4.69) is 16.0 Å².